The summed E-state index contributed by atoms with van der Waals surface area (Å²) in [4.78, 5) is 0. The van der Waals surface area contributed by atoms with Crippen LogP contribution in [-0.4, -0.2) is 15.6 Å². The molecule has 0 spiro atoms. The largest absolute Gasteiger partial charge is 0.417 e. The topological polar surface area (TPSA) is 67.7 Å². The third-order valence-electron chi connectivity index (χ3n) is 3.06. The minimum absolute atomic E-state index is 0.185. The summed E-state index contributed by atoms with van der Waals surface area (Å²) in [7, 11) is 0. The van der Waals surface area contributed by atoms with Crippen LogP contribution in [-0.2, 0) is 6.18 Å². The van der Waals surface area contributed by atoms with Crippen molar-refractivity contribution in [3.05, 3.63) is 47.3 Å². The highest BCUT2D eigenvalue weighted by atomic mass is 19.4. The fraction of sp³-hybridized carbons (Fsp3) is 0.286. The molecule has 0 bridgehead atoms. The van der Waals surface area contributed by atoms with Gasteiger partial charge in [-0.25, -0.2) is 4.68 Å². The van der Waals surface area contributed by atoms with Crippen LogP contribution in [0.5, 0.6) is 0 Å². The van der Waals surface area contributed by atoms with Crippen molar-refractivity contribution in [2.24, 2.45) is 5.73 Å². The van der Waals surface area contributed by atoms with Crippen LogP contribution in [0, 0.1) is 5.41 Å². The van der Waals surface area contributed by atoms with E-state index in [1.807, 2.05) is 13.8 Å². The van der Waals surface area contributed by atoms with E-state index in [-0.39, 0.29) is 17.2 Å². The van der Waals surface area contributed by atoms with Crippen molar-refractivity contribution >= 4 is 5.84 Å². The first kappa shape index (κ1) is 15.1. The zero-order valence-electron chi connectivity index (χ0n) is 11.6. The predicted octanol–water partition coefficient (Wildman–Crippen LogP) is 3.30. The standard InChI is InChI=1S/C14H15F3N4/c1-8(2)12-5-6-21(20-12)9-3-4-10(13(18)19)11(7-9)14(15,16)17/h3-8H,1-2H3,(H3,18,19). The van der Waals surface area contributed by atoms with E-state index in [0.29, 0.717) is 0 Å². The molecular weight excluding hydrogens is 281 g/mol. The molecule has 7 heteroatoms. The molecule has 0 fully saturated rings. The number of rotatable bonds is 3. The number of nitrogen functional groups attached to an aromatic ring is 1. The Morgan fingerprint density at radius 3 is 2.43 bits per heavy atom. The Morgan fingerprint density at radius 1 is 1.29 bits per heavy atom. The van der Waals surface area contributed by atoms with Crippen LogP contribution in [0.1, 0.15) is 36.6 Å². The maximum atomic E-state index is 13.1. The number of benzene rings is 1. The van der Waals surface area contributed by atoms with Crippen molar-refractivity contribution < 1.29 is 13.2 Å². The van der Waals surface area contributed by atoms with Crippen molar-refractivity contribution in [1.29, 1.82) is 5.41 Å². The predicted molar refractivity (Wildman–Crippen MR) is 73.7 cm³/mol. The molecule has 1 aromatic carbocycles. The molecule has 0 unspecified atom stereocenters. The fourth-order valence-corrected chi connectivity index (χ4v) is 1.93. The van der Waals surface area contributed by atoms with E-state index in [0.717, 1.165) is 11.8 Å². The first-order valence-corrected chi connectivity index (χ1v) is 6.31. The molecule has 21 heavy (non-hydrogen) atoms. The van der Waals surface area contributed by atoms with Crippen LogP contribution in [0.25, 0.3) is 5.69 Å². The number of alkyl halides is 3. The third-order valence-corrected chi connectivity index (χ3v) is 3.06. The van der Waals surface area contributed by atoms with Gasteiger partial charge in [0.15, 0.2) is 0 Å². The lowest BCUT2D eigenvalue weighted by molar-refractivity contribution is -0.137. The summed E-state index contributed by atoms with van der Waals surface area (Å²) >= 11 is 0. The Bertz CT molecular complexity index is 671. The van der Waals surface area contributed by atoms with Crippen LogP contribution in [0.3, 0.4) is 0 Å². The molecule has 0 atom stereocenters. The van der Waals surface area contributed by atoms with Gasteiger partial charge in [0.2, 0.25) is 0 Å². The maximum absolute atomic E-state index is 13.1. The molecule has 0 amide bonds. The van der Waals surface area contributed by atoms with Gasteiger partial charge in [0.1, 0.15) is 5.84 Å². The highest BCUT2D eigenvalue weighted by molar-refractivity contribution is 5.96. The second-order valence-corrected chi connectivity index (χ2v) is 4.98. The highest BCUT2D eigenvalue weighted by Gasteiger charge is 2.34. The van der Waals surface area contributed by atoms with E-state index in [1.54, 1.807) is 12.3 Å². The molecule has 0 saturated heterocycles. The average molecular weight is 296 g/mol. The molecule has 0 aliphatic rings. The number of nitrogens with two attached hydrogens (primary N) is 1. The highest BCUT2D eigenvalue weighted by Crippen LogP contribution is 2.33. The second-order valence-electron chi connectivity index (χ2n) is 4.98. The fourth-order valence-electron chi connectivity index (χ4n) is 1.93. The van der Waals surface area contributed by atoms with Gasteiger partial charge in [-0.1, -0.05) is 13.8 Å². The van der Waals surface area contributed by atoms with Crippen molar-refractivity contribution in [1.82, 2.24) is 9.78 Å². The molecule has 4 nitrogen and oxygen atoms in total. The van der Waals surface area contributed by atoms with Gasteiger partial charge in [-0.3, -0.25) is 5.41 Å². The summed E-state index contributed by atoms with van der Waals surface area (Å²) in [6.07, 6.45) is -2.97. The van der Waals surface area contributed by atoms with Crippen LogP contribution >= 0.6 is 0 Å². The molecule has 1 heterocycles. The van der Waals surface area contributed by atoms with E-state index in [1.165, 1.54) is 16.8 Å². The smallest absolute Gasteiger partial charge is 0.384 e. The number of hydrogen-bond acceptors (Lipinski definition) is 2. The zero-order chi connectivity index (χ0) is 15.8. The first-order chi connectivity index (χ1) is 9.70. The van der Waals surface area contributed by atoms with Gasteiger partial charge >= 0.3 is 6.18 Å². The lowest BCUT2D eigenvalue weighted by Gasteiger charge is -2.13. The number of nitrogens with one attached hydrogen (secondary N) is 1. The second kappa shape index (κ2) is 5.23. The van der Waals surface area contributed by atoms with Crippen LogP contribution in [0.4, 0.5) is 13.2 Å². The summed E-state index contributed by atoms with van der Waals surface area (Å²) in [6, 6.07) is 5.37. The Morgan fingerprint density at radius 2 is 1.95 bits per heavy atom. The Kier molecular flexibility index (Phi) is 3.76. The number of amidine groups is 1. The number of nitrogens with zero attached hydrogens (tertiary/aromatic N) is 2. The Labute approximate surface area is 119 Å². The minimum Gasteiger partial charge on any atom is -0.384 e. The van der Waals surface area contributed by atoms with Crippen molar-refractivity contribution in [3.8, 4) is 5.69 Å². The Balaban J connectivity index is 2.53. The molecule has 3 N–H and O–H groups in total. The molecular formula is C14H15F3N4. The van der Waals surface area contributed by atoms with Gasteiger partial charge in [-0.2, -0.15) is 18.3 Å². The molecule has 112 valence electrons. The first-order valence-electron chi connectivity index (χ1n) is 6.31. The molecule has 0 radical (unpaired) electrons. The van der Waals surface area contributed by atoms with E-state index in [2.05, 4.69) is 5.10 Å². The van der Waals surface area contributed by atoms with Gasteiger partial charge in [0.05, 0.1) is 16.9 Å². The summed E-state index contributed by atoms with van der Waals surface area (Å²) in [6.45, 7) is 3.90. The normalized spacial score (nSPS) is 11.9. The number of halogens is 3. The van der Waals surface area contributed by atoms with E-state index < -0.39 is 17.6 Å². The lowest BCUT2D eigenvalue weighted by Crippen LogP contribution is -2.19. The minimum atomic E-state index is -4.58. The van der Waals surface area contributed by atoms with Gasteiger partial charge in [0, 0.05) is 11.8 Å². The van der Waals surface area contributed by atoms with Crippen molar-refractivity contribution in [3.63, 3.8) is 0 Å². The number of hydrogen-bond donors (Lipinski definition) is 2. The molecule has 0 aliphatic heterocycles. The van der Waals surface area contributed by atoms with Crippen LogP contribution in [0.15, 0.2) is 30.5 Å². The molecule has 1 aromatic heterocycles. The maximum Gasteiger partial charge on any atom is 0.417 e. The van der Waals surface area contributed by atoms with Crippen molar-refractivity contribution in [2.45, 2.75) is 25.9 Å². The van der Waals surface area contributed by atoms with Crippen molar-refractivity contribution in [2.75, 3.05) is 0 Å². The van der Waals surface area contributed by atoms with E-state index in [4.69, 9.17) is 11.1 Å². The summed E-state index contributed by atoms with van der Waals surface area (Å²) in [5.41, 5.74) is 5.01. The summed E-state index contributed by atoms with van der Waals surface area (Å²) in [5, 5.41) is 11.5. The third kappa shape index (κ3) is 3.07. The monoisotopic (exact) mass is 296 g/mol. The van der Waals surface area contributed by atoms with Crippen LogP contribution < -0.4 is 5.73 Å². The van der Waals surface area contributed by atoms with Gasteiger partial charge < -0.3 is 5.73 Å². The molecule has 0 saturated carbocycles. The quantitative estimate of drug-likeness (QED) is 0.674. The molecule has 2 aromatic rings. The van der Waals surface area contributed by atoms with Gasteiger partial charge in [-0.05, 0) is 30.2 Å². The zero-order valence-corrected chi connectivity index (χ0v) is 11.6. The van der Waals surface area contributed by atoms with Gasteiger partial charge in [-0.15, -0.1) is 0 Å². The molecule has 2 rings (SSSR count). The Hall–Kier alpha value is -2.31. The van der Waals surface area contributed by atoms with Gasteiger partial charge in [0.25, 0.3) is 0 Å². The lowest BCUT2D eigenvalue weighted by atomic mass is 10.1. The van der Waals surface area contributed by atoms with E-state index >= 15 is 0 Å². The molecule has 0 aliphatic carbocycles. The van der Waals surface area contributed by atoms with Crippen LogP contribution in [0.2, 0.25) is 0 Å². The van der Waals surface area contributed by atoms with E-state index in [9.17, 15) is 13.2 Å². The summed E-state index contributed by atoms with van der Waals surface area (Å²) < 4.78 is 40.6. The summed E-state index contributed by atoms with van der Waals surface area (Å²) in [5.74, 6) is -0.429. The SMILES string of the molecule is CC(C)c1ccn(-c2ccc(C(=N)N)c(C(F)(F)F)c2)n1. The number of aromatic nitrogens is 2. The average Bonchev–Trinajstić information content (AvgIpc) is 2.86.